The van der Waals surface area contributed by atoms with E-state index in [9.17, 15) is 24.9 Å². The molecule has 0 aromatic rings. The van der Waals surface area contributed by atoms with Crippen LogP contribution in [0.25, 0.3) is 0 Å². The summed E-state index contributed by atoms with van der Waals surface area (Å²) in [6.07, 6.45) is -5.80. The van der Waals surface area contributed by atoms with Crippen molar-refractivity contribution in [2.24, 2.45) is 0 Å². The Morgan fingerprint density at radius 2 is 1.82 bits per heavy atom. The van der Waals surface area contributed by atoms with Gasteiger partial charge in [0.25, 0.3) is 0 Å². The van der Waals surface area contributed by atoms with Crippen LogP contribution in [0, 0.1) is 0 Å². The van der Waals surface area contributed by atoms with Gasteiger partial charge >= 0.3 is 5.97 Å². The number of aliphatic hydroxyl groups is 4. The van der Waals surface area contributed by atoms with Crippen molar-refractivity contribution in [3.63, 3.8) is 0 Å². The van der Waals surface area contributed by atoms with Crippen molar-refractivity contribution in [2.75, 3.05) is 6.61 Å². The lowest BCUT2D eigenvalue weighted by Crippen LogP contribution is -2.46. The third kappa shape index (κ3) is 5.55. The first-order chi connectivity index (χ1) is 7.93. The number of aldehydes is 1. The van der Waals surface area contributed by atoms with Gasteiger partial charge in [-0.15, -0.1) is 6.58 Å². The first-order valence-corrected chi connectivity index (χ1v) is 4.88. The first kappa shape index (κ1) is 15.7. The topological polar surface area (TPSA) is 124 Å². The van der Waals surface area contributed by atoms with Crippen LogP contribution >= 0.6 is 0 Å². The predicted molar refractivity (Wildman–Crippen MR) is 55.9 cm³/mol. The Hall–Kier alpha value is -1.28. The van der Waals surface area contributed by atoms with Gasteiger partial charge in [-0.05, 0) is 0 Å². The van der Waals surface area contributed by atoms with Gasteiger partial charge in [-0.25, -0.2) is 0 Å². The first-order valence-electron chi connectivity index (χ1n) is 4.88. The fourth-order valence-electron chi connectivity index (χ4n) is 0.964. The van der Waals surface area contributed by atoms with Gasteiger partial charge in [-0.2, -0.15) is 0 Å². The van der Waals surface area contributed by atoms with E-state index in [2.05, 4.69) is 11.3 Å². The van der Waals surface area contributed by atoms with Crippen molar-refractivity contribution in [2.45, 2.75) is 30.8 Å². The Morgan fingerprint density at radius 1 is 1.24 bits per heavy atom. The lowest BCUT2D eigenvalue weighted by atomic mass is 10.0. The molecule has 0 heterocycles. The fourth-order valence-corrected chi connectivity index (χ4v) is 0.964. The van der Waals surface area contributed by atoms with Gasteiger partial charge in [0.05, 0.1) is 6.42 Å². The van der Waals surface area contributed by atoms with E-state index in [-0.39, 0.29) is 12.7 Å². The highest BCUT2D eigenvalue weighted by Crippen LogP contribution is 2.05. The molecule has 0 rings (SSSR count). The molecule has 0 aromatic heterocycles. The number of hydrogen-bond donors (Lipinski definition) is 4. The van der Waals surface area contributed by atoms with Crippen LogP contribution in [0.1, 0.15) is 6.42 Å². The standard InChI is InChI=1S/C10H16O7/c1-2-3-8(14)17-5-7(13)10(16)9(15)6(12)4-11/h2,4,6-7,9-10,12-13,15-16H,1,3,5H2/t6-,7+,9+,10+/m0/s1. The summed E-state index contributed by atoms with van der Waals surface area (Å²) in [5.74, 6) is -0.656. The van der Waals surface area contributed by atoms with E-state index >= 15 is 0 Å². The second kappa shape index (κ2) is 7.91. The maximum absolute atomic E-state index is 10.9. The average Bonchev–Trinajstić information content (AvgIpc) is 2.33. The molecular formula is C10H16O7. The quantitative estimate of drug-likeness (QED) is 0.217. The van der Waals surface area contributed by atoms with E-state index in [1.54, 1.807) is 0 Å². The Bertz CT molecular complexity index is 265. The molecule has 0 spiro atoms. The molecule has 0 aliphatic heterocycles. The summed E-state index contributed by atoms with van der Waals surface area (Å²) in [5.41, 5.74) is 0. The lowest BCUT2D eigenvalue weighted by molar-refractivity contribution is -0.155. The molecule has 7 nitrogen and oxygen atoms in total. The van der Waals surface area contributed by atoms with Gasteiger partial charge in [0.2, 0.25) is 0 Å². The second-order valence-corrected chi connectivity index (χ2v) is 3.35. The maximum atomic E-state index is 10.9. The van der Waals surface area contributed by atoms with E-state index in [1.807, 2.05) is 0 Å². The van der Waals surface area contributed by atoms with Crippen molar-refractivity contribution >= 4 is 12.3 Å². The van der Waals surface area contributed by atoms with Crippen LogP contribution in [-0.4, -0.2) is 63.7 Å². The minimum absolute atomic E-state index is 0.0182. The third-order valence-corrected chi connectivity index (χ3v) is 1.96. The zero-order valence-electron chi connectivity index (χ0n) is 9.10. The van der Waals surface area contributed by atoms with Crippen molar-refractivity contribution in [1.29, 1.82) is 0 Å². The molecule has 17 heavy (non-hydrogen) atoms. The van der Waals surface area contributed by atoms with Crippen molar-refractivity contribution in [1.82, 2.24) is 0 Å². The molecule has 4 N–H and O–H groups in total. The monoisotopic (exact) mass is 248 g/mol. The van der Waals surface area contributed by atoms with Crippen LogP contribution in [-0.2, 0) is 14.3 Å². The number of hydrogen-bond acceptors (Lipinski definition) is 7. The van der Waals surface area contributed by atoms with Crippen LogP contribution in [0.3, 0.4) is 0 Å². The molecule has 0 aliphatic carbocycles. The van der Waals surface area contributed by atoms with Gasteiger partial charge < -0.3 is 30.0 Å². The average molecular weight is 248 g/mol. The summed E-state index contributed by atoms with van der Waals surface area (Å²) in [5, 5.41) is 36.7. The Balaban J connectivity index is 4.12. The van der Waals surface area contributed by atoms with Crippen LogP contribution in [0.15, 0.2) is 12.7 Å². The molecule has 7 heteroatoms. The van der Waals surface area contributed by atoms with Crippen LogP contribution in [0.2, 0.25) is 0 Å². The predicted octanol–water partition coefficient (Wildman–Crippen LogP) is -2.25. The SMILES string of the molecule is C=CCC(=O)OC[C@@H](O)[C@@H](O)[C@H](O)[C@@H](O)C=O. The number of carbonyl (C=O) groups is 2. The molecule has 0 unspecified atom stereocenters. The van der Waals surface area contributed by atoms with Crippen LogP contribution in [0.5, 0.6) is 0 Å². The minimum Gasteiger partial charge on any atom is -0.463 e. The normalized spacial score (nSPS) is 17.6. The number of ether oxygens (including phenoxy) is 1. The molecular weight excluding hydrogens is 232 g/mol. The van der Waals surface area contributed by atoms with E-state index < -0.39 is 37.0 Å². The number of rotatable bonds is 8. The summed E-state index contributed by atoms with van der Waals surface area (Å²) in [6, 6.07) is 0. The van der Waals surface area contributed by atoms with E-state index in [1.165, 1.54) is 6.08 Å². The summed E-state index contributed by atoms with van der Waals surface area (Å²) >= 11 is 0. The molecule has 0 aromatic carbocycles. The smallest absolute Gasteiger partial charge is 0.309 e. The third-order valence-electron chi connectivity index (χ3n) is 1.96. The Morgan fingerprint density at radius 3 is 2.29 bits per heavy atom. The lowest BCUT2D eigenvalue weighted by Gasteiger charge is -2.23. The summed E-state index contributed by atoms with van der Waals surface area (Å²) in [7, 11) is 0. The number of esters is 1. The summed E-state index contributed by atoms with van der Waals surface area (Å²) in [6.45, 7) is 2.74. The van der Waals surface area contributed by atoms with Crippen molar-refractivity contribution in [3.05, 3.63) is 12.7 Å². The highest BCUT2D eigenvalue weighted by atomic mass is 16.5. The molecule has 0 fully saturated rings. The maximum Gasteiger partial charge on any atom is 0.309 e. The molecule has 0 saturated heterocycles. The summed E-state index contributed by atoms with van der Waals surface area (Å²) < 4.78 is 4.53. The largest absolute Gasteiger partial charge is 0.463 e. The highest BCUT2D eigenvalue weighted by Gasteiger charge is 2.30. The van der Waals surface area contributed by atoms with E-state index in [4.69, 9.17) is 5.11 Å². The zero-order valence-corrected chi connectivity index (χ0v) is 9.10. The molecule has 0 amide bonds. The number of aliphatic hydroxyl groups excluding tert-OH is 4. The number of carbonyl (C=O) groups excluding carboxylic acids is 2. The van der Waals surface area contributed by atoms with E-state index in [0.717, 1.165) is 0 Å². The fraction of sp³-hybridized carbons (Fsp3) is 0.600. The zero-order chi connectivity index (χ0) is 13.4. The molecule has 0 aliphatic rings. The molecule has 0 bridgehead atoms. The highest BCUT2D eigenvalue weighted by molar-refractivity contribution is 5.70. The van der Waals surface area contributed by atoms with Gasteiger partial charge in [0.15, 0.2) is 6.29 Å². The van der Waals surface area contributed by atoms with Gasteiger partial charge in [-0.3, -0.25) is 4.79 Å². The van der Waals surface area contributed by atoms with Crippen LogP contribution < -0.4 is 0 Å². The Kier molecular flexibility index (Phi) is 7.31. The van der Waals surface area contributed by atoms with E-state index in [0.29, 0.717) is 0 Å². The molecule has 0 radical (unpaired) electrons. The Labute approximate surface area is 97.9 Å². The second-order valence-electron chi connectivity index (χ2n) is 3.35. The van der Waals surface area contributed by atoms with Crippen molar-refractivity contribution in [3.8, 4) is 0 Å². The molecule has 4 atom stereocenters. The molecule has 0 saturated carbocycles. The van der Waals surface area contributed by atoms with Crippen molar-refractivity contribution < 1.29 is 34.8 Å². The molecule has 98 valence electrons. The van der Waals surface area contributed by atoms with Gasteiger partial charge in [0, 0.05) is 0 Å². The van der Waals surface area contributed by atoms with Crippen LogP contribution in [0.4, 0.5) is 0 Å². The van der Waals surface area contributed by atoms with Gasteiger partial charge in [-0.1, -0.05) is 6.08 Å². The summed E-state index contributed by atoms with van der Waals surface area (Å²) in [4.78, 5) is 21.0. The van der Waals surface area contributed by atoms with Gasteiger partial charge in [0.1, 0.15) is 31.0 Å². The minimum atomic E-state index is -1.85.